The van der Waals surface area contributed by atoms with Gasteiger partial charge in [-0.05, 0) is 87.9 Å². The number of ether oxygens (including phenoxy) is 1. The van der Waals surface area contributed by atoms with E-state index in [1.54, 1.807) is 24.8 Å². The maximum atomic E-state index is 14.9. The number of nitrogens with zero attached hydrogens (tertiary/aromatic N) is 5. The third kappa shape index (κ3) is 20.1. The van der Waals surface area contributed by atoms with E-state index in [-0.39, 0.29) is 68.4 Å². The highest BCUT2D eigenvalue weighted by Gasteiger charge is 2.40. The highest BCUT2D eigenvalue weighted by Crippen LogP contribution is 2.22. The first-order valence-corrected chi connectivity index (χ1v) is 22.8. The number of hydrogen-bond acceptors (Lipinski definition) is 10. The SMILES string of the molecule is CO/C=C/C(=C\C=C\O)C[C@H](NC(=O)[C@H](CC(C)C)N(C)C(=O)CN(C)C=O)C(=O)N(C)[C@@H](CC(C)C)C(=O)N(C)[C@@H](CC(C)C)C(=O)NC(CC(=O)NC(C)C)C(=O)N1CCCCC1. The first-order valence-electron chi connectivity index (χ1n) is 22.8. The second kappa shape index (κ2) is 29.2. The molecule has 18 heteroatoms. The van der Waals surface area contributed by atoms with Crippen molar-refractivity contribution in [2.24, 2.45) is 17.8 Å². The summed E-state index contributed by atoms with van der Waals surface area (Å²) in [5.41, 5.74) is 0.454. The highest BCUT2D eigenvalue weighted by molar-refractivity contribution is 5.97. The van der Waals surface area contributed by atoms with Crippen molar-refractivity contribution in [2.45, 2.75) is 143 Å². The lowest BCUT2D eigenvalue weighted by Gasteiger charge is -2.38. The summed E-state index contributed by atoms with van der Waals surface area (Å²) in [4.78, 5) is 116. The predicted molar refractivity (Wildman–Crippen MR) is 250 cm³/mol. The molecule has 0 aliphatic carbocycles. The summed E-state index contributed by atoms with van der Waals surface area (Å²) in [6.07, 6.45) is 9.85. The van der Waals surface area contributed by atoms with Gasteiger partial charge in [-0.1, -0.05) is 47.6 Å². The van der Waals surface area contributed by atoms with Crippen molar-refractivity contribution in [3.05, 3.63) is 36.3 Å². The van der Waals surface area contributed by atoms with Crippen LogP contribution in [0.15, 0.2) is 36.3 Å². The van der Waals surface area contributed by atoms with Crippen LogP contribution in [0.1, 0.15) is 107 Å². The number of likely N-dealkylation sites (N-methyl/N-ethyl adjacent to an activating group) is 4. The van der Waals surface area contributed by atoms with Gasteiger partial charge in [0.05, 0.1) is 32.6 Å². The van der Waals surface area contributed by atoms with Crippen molar-refractivity contribution in [1.82, 2.24) is 40.4 Å². The number of carbonyl (C=O) groups is 8. The molecule has 4 N–H and O–H groups in total. The van der Waals surface area contributed by atoms with Gasteiger partial charge >= 0.3 is 0 Å². The predicted octanol–water partition coefficient (Wildman–Crippen LogP) is 3.14. The van der Waals surface area contributed by atoms with Crippen molar-refractivity contribution < 1.29 is 48.2 Å². The minimum atomic E-state index is -1.32. The van der Waals surface area contributed by atoms with Crippen molar-refractivity contribution in [1.29, 1.82) is 0 Å². The number of allylic oxidation sites excluding steroid dienone is 3. The first-order chi connectivity index (χ1) is 30.5. The molecule has 5 atom stereocenters. The van der Waals surface area contributed by atoms with Crippen molar-refractivity contribution >= 4 is 47.8 Å². The smallest absolute Gasteiger partial charge is 0.245 e. The van der Waals surface area contributed by atoms with Crippen molar-refractivity contribution in [3.8, 4) is 0 Å². The van der Waals surface area contributed by atoms with Crippen LogP contribution in [0, 0.1) is 17.8 Å². The molecule has 0 radical (unpaired) electrons. The van der Waals surface area contributed by atoms with Gasteiger partial charge in [0.15, 0.2) is 0 Å². The molecule has 0 bridgehead atoms. The summed E-state index contributed by atoms with van der Waals surface area (Å²) in [7, 11) is 7.27. The van der Waals surface area contributed by atoms with Crippen LogP contribution >= 0.6 is 0 Å². The number of nitrogens with one attached hydrogen (secondary N) is 3. The molecule has 65 heavy (non-hydrogen) atoms. The molecule has 368 valence electrons. The third-order valence-electron chi connectivity index (χ3n) is 11.0. The van der Waals surface area contributed by atoms with Gasteiger partial charge in [-0.25, -0.2) is 0 Å². The van der Waals surface area contributed by atoms with Gasteiger partial charge in [-0.15, -0.1) is 0 Å². The number of methoxy groups -OCH3 is 1. The number of carbonyl (C=O) groups excluding carboxylic acids is 8. The lowest BCUT2D eigenvalue weighted by Crippen LogP contribution is -2.60. The van der Waals surface area contributed by atoms with Gasteiger partial charge in [0, 0.05) is 53.7 Å². The Morgan fingerprint density at radius 2 is 1.18 bits per heavy atom. The molecule has 1 unspecified atom stereocenters. The molecule has 0 aromatic rings. The van der Waals surface area contributed by atoms with Crippen LogP contribution in [-0.2, 0) is 43.1 Å². The van der Waals surface area contributed by atoms with Crippen LogP contribution in [0.3, 0.4) is 0 Å². The fraction of sp³-hybridized carbons (Fsp3) is 0.702. The molecule has 1 heterocycles. The van der Waals surface area contributed by atoms with E-state index in [0.717, 1.165) is 30.4 Å². The second-order valence-corrected chi connectivity index (χ2v) is 18.6. The Morgan fingerprint density at radius 3 is 1.68 bits per heavy atom. The van der Waals surface area contributed by atoms with Gasteiger partial charge in [-0.3, -0.25) is 38.4 Å². The monoisotopic (exact) mass is 917 g/mol. The van der Waals surface area contributed by atoms with E-state index in [0.29, 0.717) is 25.1 Å². The van der Waals surface area contributed by atoms with Crippen LogP contribution < -0.4 is 16.0 Å². The maximum Gasteiger partial charge on any atom is 0.245 e. The number of amides is 8. The second-order valence-electron chi connectivity index (χ2n) is 18.6. The Morgan fingerprint density at radius 1 is 0.677 bits per heavy atom. The number of rotatable bonds is 27. The Bertz CT molecular complexity index is 1670. The van der Waals surface area contributed by atoms with Crippen LogP contribution in [0.2, 0.25) is 0 Å². The Hall–Kier alpha value is -5.42. The molecule has 1 saturated heterocycles. The van der Waals surface area contributed by atoms with Crippen LogP contribution in [0.4, 0.5) is 0 Å². The van der Waals surface area contributed by atoms with Gasteiger partial charge in [0.1, 0.15) is 30.2 Å². The molecule has 1 rings (SSSR count). The molecule has 0 aromatic carbocycles. The average molecular weight is 917 g/mol. The van der Waals surface area contributed by atoms with E-state index in [1.165, 1.54) is 68.4 Å². The fourth-order valence-corrected chi connectivity index (χ4v) is 7.56. The molecule has 1 aliphatic rings. The van der Waals surface area contributed by atoms with E-state index in [2.05, 4.69) is 16.0 Å². The molecule has 1 fully saturated rings. The summed E-state index contributed by atoms with van der Waals surface area (Å²) < 4.78 is 5.13. The molecule has 8 amide bonds. The van der Waals surface area contributed by atoms with Crippen LogP contribution in [0.25, 0.3) is 0 Å². The number of piperidine rings is 1. The standard InChI is InChI=1S/C47H80N8O10/c1-31(2)24-38(52(10)42(59)29-51(9)30-57)43(60)49-36(27-35(18-17-22-56)19-23-65-13)45(62)54(12)40(26-33(5)6)47(64)53(11)39(25-32(3)4)44(61)50-37(28-41(58)48-34(7)8)46(63)55-20-15-14-16-21-55/h17-19,22-23,30-34,36-40,56H,14-16,20-21,24-29H2,1-13H3,(H,48,58)(H,49,60)(H,50,61)/b22-17+,23-19+,35-18+/t36-,37?,38-,39-,40-/m0/s1. The number of hydrogen-bond donors (Lipinski definition) is 4. The maximum absolute atomic E-state index is 14.9. The quantitative estimate of drug-likeness (QED) is 0.0536. The van der Waals surface area contributed by atoms with Gasteiger partial charge in [0.2, 0.25) is 47.8 Å². The van der Waals surface area contributed by atoms with E-state index in [4.69, 9.17) is 4.74 Å². The lowest BCUT2D eigenvalue weighted by molar-refractivity contribution is -0.150. The largest absolute Gasteiger partial charge is 0.516 e. The summed E-state index contributed by atoms with van der Waals surface area (Å²) in [6.45, 7) is 15.7. The average Bonchev–Trinajstić information content (AvgIpc) is 3.24. The highest BCUT2D eigenvalue weighted by atomic mass is 16.5. The molecular formula is C47H80N8O10. The van der Waals surface area contributed by atoms with Crippen LogP contribution in [-0.4, -0.2) is 169 Å². The molecular weight excluding hydrogens is 837 g/mol. The number of aliphatic hydroxyl groups excluding tert-OH is 1. The van der Waals surface area contributed by atoms with E-state index in [1.807, 2.05) is 41.5 Å². The lowest BCUT2D eigenvalue weighted by atomic mass is 9.96. The van der Waals surface area contributed by atoms with E-state index in [9.17, 15) is 43.5 Å². The van der Waals surface area contributed by atoms with Crippen molar-refractivity contribution in [3.63, 3.8) is 0 Å². The van der Waals surface area contributed by atoms with E-state index < -0.39 is 65.7 Å². The van der Waals surface area contributed by atoms with Crippen LogP contribution in [0.5, 0.6) is 0 Å². The van der Waals surface area contributed by atoms with E-state index >= 15 is 0 Å². The minimum absolute atomic E-state index is 0.0636. The molecule has 0 aromatic heterocycles. The molecule has 0 saturated carbocycles. The minimum Gasteiger partial charge on any atom is -0.516 e. The zero-order chi connectivity index (χ0) is 49.6. The zero-order valence-corrected chi connectivity index (χ0v) is 41.3. The Labute approximate surface area is 387 Å². The normalized spacial score (nSPS) is 15.6. The van der Waals surface area contributed by atoms with Crippen molar-refractivity contribution in [2.75, 3.05) is 54.9 Å². The molecule has 0 spiro atoms. The summed E-state index contributed by atoms with van der Waals surface area (Å²) in [5, 5.41) is 18.0. The topological polar surface area (TPSA) is 218 Å². The Kier molecular flexibility index (Phi) is 25.9. The fourth-order valence-electron chi connectivity index (χ4n) is 7.56. The number of aliphatic hydroxyl groups is 1. The van der Waals surface area contributed by atoms with Gasteiger partial charge in [-0.2, -0.15) is 0 Å². The third-order valence-corrected chi connectivity index (χ3v) is 11.0. The zero-order valence-electron chi connectivity index (χ0n) is 41.3. The molecule has 1 aliphatic heterocycles. The summed E-state index contributed by atoms with van der Waals surface area (Å²) in [6, 6.07) is -5.95. The van der Waals surface area contributed by atoms with Gasteiger partial charge < -0.3 is 50.3 Å². The molecule has 18 nitrogen and oxygen atoms in total. The first kappa shape index (κ1) is 57.6. The Balaban J connectivity index is 3.78. The summed E-state index contributed by atoms with van der Waals surface area (Å²) in [5.74, 6) is -4.01. The summed E-state index contributed by atoms with van der Waals surface area (Å²) >= 11 is 0. The van der Waals surface area contributed by atoms with Gasteiger partial charge in [0.25, 0.3) is 0 Å². The number of likely N-dealkylation sites (tertiary alicyclic amines) is 1.